The number of aliphatic imine (C=N–C) groups is 1. The Morgan fingerprint density at radius 3 is 2.58 bits per heavy atom. The fourth-order valence-electron chi connectivity index (χ4n) is 6.29. The molecule has 1 spiro atoms. The number of benzene rings is 2. The average molecular weight is 522 g/mol. The number of imide groups is 1. The van der Waals surface area contributed by atoms with E-state index in [1.807, 2.05) is 31.2 Å². The van der Waals surface area contributed by atoms with Crippen molar-refractivity contribution in [1.29, 1.82) is 0 Å². The van der Waals surface area contributed by atoms with Crippen molar-refractivity contribution in [2.45, 2.75) is 49.3 Å². The van der Waals surface area contributed by atoms with Gasteiger partial charge in [-0.15, -0.1) is 0 Å². The van der Waals surface area contributed by atoms with E-state index in [0.29, 0.717) is 5.56 Å². The van der Waals surface area contributed by atoms with Crippen molar-refractivity contribution in [1.82, 2.24) is 20.4 Å². The smallest absolute Gasteiger partial charge is 0.343 e. The fraction of sp³-hybridized carbons (Fsp3) is 0.400. The summed E-state index contributed by atoms with van der Waals surface area (Å²) >= 11 is 0. The van der Waals surface area contributed by atoms with Gasteiger partial charge in [0.2, 0.25) is 17.6 Å². The molecule has 2 saturated heterocycles. The molecule has 6 rings (SSSR count). The molecule has 2 fully saturated rings. The van der Waals surface area contributed by atoms with E-state index in [2.05, 4.69) is 20.6 Å². The van der Waals surface area contributed by atoms with Gasteiger partial charge in [-0.3, -0.25) is 34.9 Å². The van der Waals surface area contributed by atoms with Crippen molar-refractivity contribution >= 4 is 40.4 Å². The van der Waals surface area contributed by atoms with Crippen LogP contribution in [0.3, 0.4) is 0 Å². The van der Waals surface area contributed by atoms with Crippen molar-refractivity contribution in [2.24, 2.45) is 16.5 Å². The summed E-state index contributed by atoms with van der Waals surface area (Å²) in [5, 5.41) is 30.7. The molecule has 2 aromatic rings. The van der Waals surface area contributed by atoms with Crippen LogP contribution in [0.15, 0.2) is 41.4 Å². The molecule has 13 heteroatoms. The lowest BCUT2D eigenvalue weighted by atomic mass is 9.84. The van der Waals surface area contributed by atoms with Gasteiger partial charge < -0.3 is 21.3 Å². The van der Waals surface area contributed by atoms with E-state index in [1.54, 1.807) is 12.1 Å². The summed E-state index contributed by atoms with van der Waals surface area (Å²) in [6, 6.07) is 8.13. The predicted octanol–water partition coefficient (Wildman–Crippen LogP) is -3.85. The highest BCUT2D eigenvalue weighted by molar-refractivity contribution is 6.08. The van der Waals surface area contributed by atoms with Crippen molar-refractivity contribution < 1.29 is 29.6 Å². The van der Waals surface area contributed by atoms with Crippen LogP contribution in [0, 0.1) is 6.92 Å². The van der Waals surface area contributed by atoms with Gasteiger partial charge in [0.15, 0.2) is 12.0 Å². The minimum absolute atomic E-state index is 0.0399. The van der Waals surface area contributed by atoms with Crippen LogP contribution in [-0.2, 0) is 9.59 Å². The van der Waals surface area contributed by atoms with Gasteiger partial charge in [-0.1, -0.05) is 30.3 Å². The molecule has 0 aromatic heterocycles. The van der Waals surface area contributed by atoms with E-state index < -0.39 is 35.5 Å². The highest BCUT2D eigenvalue weighted by Gasteiger charge is 2.76. The summed E-state index contributed by atoms with van der Waals surface area (Å²) < 4.78 is 0. The third-order valence-corrected chi connectivity index (χ3v) is 8.07. The predicted molar refractivity (Wildman–Crippen MR) is 135 cm³/mol. The zero-order valence-corrected chi connectivity index (χ0v) is 20.6. The van der Waals surface area contributed by atoms with Gasteiger partial charge in [0.05, 0.1) is 13.1 Å². The van der Waals surface area contributed by atoms with Crippen LogP contribution in [0.1, 0.15) is 28.8 Å². The lowest BCUT2D eigenvalue weighted by molar-refractivity contribution is -0.521. The Hall–Kier alpha value is -4.23. The van der Waals surface area contributed by atoms with Gasteiger partial charge in [-0.2, -0.15) is 0 Å². The standard InChI is InChI=1S/C25H28N8O5/c1-12-4-2-5-13-6-3-7-14(19(12)13)21(36)29-16-11-33-23(27)28-15(10-32-17(34)8-9-18(32)35)20-24(33,25(16,37)38)31-22(26)30-20/h2-7,15-16,20,37-38H,8-11H2,1H3,(H2,27,28)(H,29,36)(H3,26,30,31)/p+1/t15-,16?,20-,24-/m0/s1. The number of aliphatic hydroxyl groups is 2. The maximum absolute atomic E-state index is 13.5. The third-order valence-electron chi connectivity index (χ3n) is 8.07. The van der Waals surface area contributed by atoms with E-state index in [-0.39, 0.29) is 49.7 Å². The van der Waals surface area contributed by atoms with Gasteiger partial charge in [0, 0.05) is 18.4 Å². The molecule has 3 amide bonds. The Kier molecular flexibility index (Phi) is 5.16. The molecule has 0 saturated carbocycles. The van der Waals surface area contributed by atoms with E-state index in [0.717, 1.165) is 21.2 Å². The molecule has 2 aromatic carbocycles. The van der Waals surface area contributed by atoms with Gasteiger partial charge in [-0.05, 0) is 29.3 Å². The number of nitrogens with one attached hydrogen (secondary N) is 3. The Labute approximate surface area is 217 Å². The molecule has 13 nitrogen and oxygen atoms in total. The summed E-state index contributed by atoms with van der Waals surface area (Å²) in [7, 11) is 0. The zero-order valence-electron chi connectivity index (χ0n) is 20.6. The van der Waals surface area contributed by atoms with E-state index in [9.17, 15) is 24.6 Å². The molecular formula is C25H29N8O5+. The van der Waals surface area contributed by atoms with Crippen LogP contribution in [0.25, 0.3) is 10.8 Å². The molecule has 4 aliphatic rings. The van der Waals surface area contributed by atoms with Crippen LogP contribution in [0.4, 0.5) is 0 Å². The molecular weight excluding hydrogens is 492 g/mol. The van der Waals surface area contributed by atoms with E-state index in [4.69, 9.17) is 11.5 Å². The second-order valence-corrected chi connectivity index (χ2v) is 10.2. The molecule has 0 bridgehead atoms. The summed E-state index contributed by atoms with van der Waals surface area (Å²) in [5.41, 5.74) is 11.9. The molecule has 9 N–H and O–H groups in total. The Balaban J connectivity index is 1.34. The number of likely N-dealkylation sites (tertiary alicyclic amines) is 1. The van der Waals surface area contributed by atoms with E-state index >= 15 is 0 Å². The Morgan fingerprint density at radius 1 is 1.18 bits per heavy atom. The minimum atomic E-state index is -2.60. The normalized spacial score (nSPS) is 29.6. The fourth-order valence-corrected chi connectivity index (χ4v) is 6.29. The van der Waals surface area contributed by atoms with Crippen molar-refractivity contribution in [3.05, 3.63) is 47.5 Å². The lowest BCUT2D eigenvalue weighted by Crippen LogP contribution is -2.90. The van der Waals surface area contributed by atoms with Gasteiger partial charge in [-0.25, -0.2) is 10.3 Å². The number of carbonyl (C=O) groups excluding carboxylic acids is 3. The summed E-state index contributed by atoms with van der Waals surface area (Å²) in [5.74, 6) is -3.75. The number of hydrogen-bond donors (Lipinski definition) is 7. The second-order valence-electron chi connectivity index (χ2n) is 10.2. The maximum Gasteiger partial charge on any atom is 0.343 e. The summed E-state index contributed by atoms with van der Waals surface area (Å²) in [6.45, 7) is 1.70. The number of hydrogen-bond acceptors (Lipinski definition) is 10. The number of aryl methyl sites for hydroxylation is 1. The van der Waals surface area contributed by atoms with Gasteiger partial charge in [0.1, 0.15) is 12.1 Å². The van der Waals surface area contributed by atoms with Crippen molar-refractivity contribution in [2.75, 3.05) is 13.1 Å². The second kappa shape index (κ2) is 8.13. The molecule has 4 aliphatic heterocycles. The zero-order chi connectivity index (χ0) is 27.0. The van der Waals surface area contributed by atoms with Crippen LogP contribution in [0.5, 0.6) is 0 Å². The number of nitrogens with zero attached hydrogens (tertiary/aromatic N) is 3. The Morgan fingerprint density at radius 2 is 1.87 bits per heavy atom. The first-order chi connectivity index (χ1) is 18.0. The monoisotopic (exact) mass is 521 g/mol. The van der Waals surface area contributed by atoms with Gasteiger partial charge >= 0.3 is 5.96 Å². The van der Waals surface area contributed by atoms with Crippen molar-refractivity contribution in [3.8, 4) is 0 Å². The quantitative estimate of drug-likeness (QED) is 0.155. The van der Waals surface area contributed by atoms with Crippen LogP contribution in [0.2, 0.25) is 0 Å². The summed E-state index contributed by atoms with van der Waals surface area (Å²) in [4.78, 5) is 48.1. The summed E-state index contributed by atoms with van der Waals surface area (Å²) in [6.07, 6.45) is 0.219. The molecule has 4 atom stereocenters. The topological polar surface area (TPSA) is 201 Å². The molecule has 198 valence electrons. The molecule has 38 heavy (non-hydrogen) atoms. The first-order valence-electron chi connectivity index (χ1n) is 12.4. The molecule has 4 heterocycles. The van der Waals surface area contributed by atoms with Crippen LogP contribution in [-0.4, -0.2) is 92.3 Å². The molecule has 0 radical (unpaired) electrons. The SMILES string of the molecule is Cc1cccc2cccc(C(=O)NC3CN4C(N)=N[C@@H](CN5C(=O)CCC5=O)[C@@H]5[NH+]=C(N)N[C@@]54C3(O)O)c12. The highest BCUT2D eigenvalue weighted by atomic mass is 16.5. The number of nitrogens with two attached hydrogens (primary N) is 2. The number of rotatable bonds is 4. The largest absolute Gasteiger partial charge is 0.370 e. The first kappa shape index (κ1) is 24.1. The van der Waals surface area contributed by atoms with Crippen molar-refractivity contribution in [3.63, 3.8) is 0 Å². The molecule has 0 aliphatic carbocycles. The van der Waals surface area contributed by atoms with Gasteiger partial charge in [0.25, 0.3) is 11.6 Å². The van der Waals surface area contributed by atoms with Crippen LogP contribution < -0.4 is 27.1 Å². The highest BCUT2D eigenvalue weighted by Crippen LogP contribution is 2.41. The van der Waals surface area contributed by atoms with E-state index in [1.165, 1.54) is 4.90 Å². The third kappa shape index (κ3) is 3.21. The average Bonchev–Trinajstić information content (AvgIpc) is 3.47. The number of amides is 3. The molecule has 1 unspecified atom stereocenters. The number of carbonyl (C=O) groups is 3. The first-order valence-corrected chi connectivity index (χ1v) is 12.4. The minimum Gasteiger partial charge on any atom is -0.370 e. The maximum atomic E-state index is 13.5. The number of fused-ring (bicyclic) bond motifs is 1. The number of guanidine groups is 2. The van der Waals surface area contributed by atoms with Crippen LogP contribution >= 0.6 is 0 Å². The Bertz CT molecular complexity index is 1430. The lowest BCUT2D eigenvalue weighted by Gasteiger charge is -2.46.